The molecule has 0 unspecified atom stereocenters. The Labute approximate surface area is 128 Å². The Morgan fingerprint density at radius 3 is 2.68 bits per heavy atom. The van der Waals surface area contributed by atoms with Crippen molar-refractivity contribution in [3.63, 3.8) is 0 Å². The predicted octanol–water partition coefficient (Wildman–Crippen LogP) is 3.47. The standard InChI is InChI=1S/C17H17N3O2/c1-11-6-7-14(15(9-11)22-3)17-19-12(2)16(20(17)21)13-5-4-8-18-10-13/h4-10,21H,1-3H3. The van der Waals surface area contributed by atoms with Crippen LogP contribution in [0.1, 0.15) is 11.3 Å². The Morgan fingerprint density at radius 2 is 2.00 bits per heavy atom. The monoisotopic (exact) mass is 295 g/mol. The highest BCUT2D eigenvalue weighted by atomic mass is 16.5. The third-order valence-electron chi connectivity index (χ3n) is 3.56. The van der Waals surface area contributed by atoms with Crippen LogP contribution in [0.2, 0.25) is 0 Å². The first-order valence-electron chi connectivity index (χ1n) is 6.96. The third kappa shape index (κ3) is 2.30. The Bertz CT molecular complexity index is 810. The number of aryl methyl sites for hydroxylation is 2. The van der Waals surface area contributed by atoms with Crippen molar-refractivity contribution in [3.8, 4) is 28.4 Å². The highest BCUT2D eigenvalue weighted by Crippen LogP contribution is 2.33. The van der Waals surface area contributed by atoms with Crippen molar-refractivity contribution < 1.29 is 9.94 Å². The van der Waals surface area contributed by atoms with E-state index in [1.807, 2.05) is 44.2 Å². The van der Waals surface area contributed by atoms with Crippen LogP contribution < -0.4 is 4.74 Å². The Hall–Kier alpha value is -2.82. The molecule has 0 aliphatic rings. The Kier molecular flexibility index (Phi) is 3.55. The molecule has 5 heteroatoms. The summed E-state index contributed by atoms with van der Waals surface area (Å²) in [6.45, 7) is 3.85. The first kappa shape index (κ1) is 14.1. The molecule has 2 heterocycles. The summed E-state index contributed by atoms with van der Waals surface area (Å²) in [5.41, 5.74) is 4.00. The lowest BCUT2D eigenvalue weighted by Crippen LogP contribution is -1.99. The van der Waals surface area contributed by atoms with E-state index in [4.69, 9.17) is 4.74 Å². The molecule has 0 amide bonds. The zero-order chi connectivity index (χ0) is 15.7. The smallest absolute Gasteiger partial charge is 0.180 e. The van der Waals surface area contributed by atoms with Crippen molar-refractivity contribution in [2.45, 2.75) is 13.8 Å². The van der Waals surface area contributed by atoms with Crippen LogP contribution in [0.5, 0.6) is 5.75 Å². The first-order valence-corrected chi connectivity index (χ1v) is 6.96. The summed E-state index contributed by atoms with van der Waals surface area (Å²) in [5.74, 6) is 1.13. The minimum atomic E-state index is 0.452. The molecule has 0 aliphatic heterocycles. The van der Waals surface area contributed by atoms with E-state index in [1.165, 1.54) is 0 Å². The second kappa shape index (κ2) is 5.52. The molecule has 3 aromatic rings. The minimum Gasteiger partial charge on any atom is -0.496 e. The fourth-order valence-electron chi connectivity index (χ4n) is 2.51. The minimum absolute atomic E-state index is 0.452. The van der Waals surface area contributed by atoms with Crippen LogP contribution in [0.4, 0.5) is 0 Å². The van der Waals surface area contributed by atoms with Crippen molar-refractivity contribution in [1.29, 1.82) is 0 Å². The number of rotatable bonds is 3. The molecular formula is C17H17N3O2. The van der Waals surface area contributed by atoms with Crippen molar-refractivity contribution >= 4 is 0 Å². The summed E-state index contributed by atoms with van der Waals surface area (Å²) in [6.07, 6.45) is 3.40. The number of hydrogen-bond acceptors (Lipinski definition) is 4. The summed E-state index contributed by atoms with van der Waals surface area (Å²) in [6, 6.07) is 9.50. The van der Waals surface area contributed by atoms with Crippen LogP contribution in [0, 0.1) is 13.8 Å². The van der Waals surface area contributed by atoms with Crippen LogP contribution in [0.3, 0.4) is 0 Å². The zero-order valence-electron chi connectivity index (χ0n) is 12.7. The second-order valence-electron chi connectivity index (χ2n) is 5.13. The maximum Gasteiger partial charge on any atom is 0.180 e. The van der Waals surface area contributed by atoms with E-state index in [0.29, 0.717) is 17.3 Å². The van der Waals surface area contributed by atoms with E-state index < -0.39 is 0 Å². The highest BCUT2D eigenvalue weighted by molar-refractivity contribution is 5.71. The summed E-state index contributed by atoms with van der Waals surface area (Å²) < 4.78 is 6.51. The molecule has 0 saturated heterocycles. The van der Waals surface area contributed by atoms with Gasteiger partial charge in [-0.25, -0.2) is 4.98 Å². The molecule has 0 aliphatic carbocycles. The van der Waals surface area contributed by atoms with Gasteiger partial charge >= 0.3 is 0 Å². The van der Waals surface area contributed by atoms with E-state index >= 15 is 0 Å². The van der Waals surface area contributed by atoms with Crippen LogP contribution in [0.15, 0.2) is 42.7 Å². The van der Waals surface area contributed by atoms with Gasteiger partial charge in [-0.2, -0.15) is 4.73 Å². The molecule has 5 nitrogen and oxygen atoms in total. The molecule has 1 aromatic carbocycles. The lowest BCUT2D eigenvalue weighted by atomic mass is 10.1. The van der Waals surface area contributed by atoms with Crippen molar-refractivity contribution in [2.24, 2.45) is 0 Å². The number of benzene rings is 1. The summed E-state index contributed by atoms with van der Waals surface area (Å²) in [5, 5.41) is 10.6. The van der Waals surface area contributed by atoms with E-state index in [2.05, 4.69) is 9.97 Å². The normalized spacial score (nSPS) is 10.7. The Balaban J connectivity index is 2.19. The molecule has 2 aromatic heterocycles. The molecule has 1 N–H and O–H groups in total. The number of nitrogens with zero attached hydrogens (tertiary/aromatic N) is 3. The van der Waals surface area contributed by atoms with Gasteiger partial charge in [0.25, 0.3) is 0 Å². The van der Waals surface area contributed by atoms with E-state index in [9.17, 15) is 5.21 Å². The van der Waals surface area contributed by atoms with Gasteiger partial charge in [-0.05, 0) is 43.7 Å². The Morgan fingerprint density at radius 1 is 1.18 bits per heavy atom. The van der Waals surface area contributed by atoms with Crippen molar-refractivity contribution in [3.05, 3.63) is 54.0 Å². The van der Waals surface area contributed by atoms with Gasteiger partial charge in [-0.1, -0.05) is 6.07 Å². The number of ether oxygens (including phenoxy) is 1. The van der Waals surface area contributed by atoms with Gasteiger partial charge in [0.15, 0.2) is 5.82 Å². The molecule has 0 saturated carbocycles. The quantitative estimate of drug-likeness (QED) is 0.752. The number of methoxy groups -OCH3 is 1. The number of aromatic nitrogens is 3. The SMILES string of the molecule is COc1cc(C)ccc1-c1nc(C)c(-c2cccnc2)n1O. The van der Waals surface area contributed by atoms with Gasteiger partial charge in [0.2, 0.25) is 0 Å². The second-order valence-corrected chi connectivity index (χ2v) is 5.13. The zero-order valence-corrected chi connectivity index (χ0v) is 12.7. The predicted molar refractivity (Wildman–Crippen MR) is 84.1 cm³/mol. The average Bonchev–Trinajstić information content (AvgIpc) is 2.82. The average molecular weight is 295 g/mol. The first-order chi connectivity index (χ1) is 10.6. The van der Waals surface area contributed by atoms with Gasteiger partial charge in [-0.3, -0.25) is 4.98 Å². The molecule has 0 fully saturated rings. The molecule has 0 radical (unpaired) electrons. The summed E-state index contributed by atoms with van der Waals surface area (Å²) in [4.78, 5) is 8.59. The van der Waals surface area contributed by atoms with E-state index in [-0.39, 0.29) is 0 Å². The van der Waals surface area contributed by atoms with Crippen molar-refractivity contribution in [2.75, 3.05) is 7.11 Å². The molecule has 0 atom stereocenters. The molecule has 0 spiro atoms. The van der Waals surface area contributed by atoms with E-state index in [1.54, 1.807) is 19.5 Å². The lowest BCUT2D eigenvalue weighted by Gasteiger charge is -2.09. The van der Waals surface area contributed by atoms with Gasteiger partial charge in [-0.15, -0.1) is 0 Å². The van der Waals surface area contributed by atoms with E-state index in [0.717, 1.165) is 27.1 Å². The van der Waals surface area contributed by atoms with Gasteiger partial charge in [0.05, 0.1) is 18.4 Å². The van der Waals surface area contributed by atoms with Crippen molar-refractivity contribution in [1.82, 2.24) is 14.7 Å². The molecular weight excluding hydrogens is 278 g/mol. The maximum atomic E-state index is 10.6. The molecule has 112 valence electrons. The molecule has 3 rings (SSSR count). The maximum absolute atomic E-state index is 10.6. The fraction of sp³-hybridized carbons (Fsp3) is 0.176. The highest BCUT2D eigenvalue weighted by Gasteiger charge is 2.19. The van der Waals surface area contributed by atoms with Gasteiger partial charge in [0.1, 0.15) is 11.4 Å². The topological polar surface area (TPSA) is 60.2 Å². The van der Waals surface area contributed by atoms with Crippen LogP contribution >= 0.6 is 0 Å². The number of hydrogen-bond donors (Lipinski definition) is 1. The number of pyridine rings is 1. The summed E-state index contributed by atoms with van der Waals surface area (Å²) >= 11 is 0. The fourth-order valence-corrected chi connectivity index (χ4v) is 2.51. The molecule has 0 bridgehead atoms. The lowest BCUT2D eigenvalue weighted by molar-refractivity contribution is 0.195. The summed E-state index contributed by atoms with van der Waals surface area (Å²) in [7, 11) is 1.61. The van der Waals surface area contributed by atoms with Crippen LogP contribution in [-0.4, -0.2) is 27.0 Å². The number of imidazole rings is 1. The molecule has 22 heavy (non-hydrogen) atoms. The third-order valence-corrected chi connectivity index (χ3v) is 3.56. The van der Waals surface area contributed by atoms with Gasteiger partial charge in [0, 0.05) is 18.0 Å². The van der Waals surface area contributed by atoms with Crippen LogP contribution in [-0.2, 0) is 0 Å². The van der Waals surface area contributed by atoms with Crippen LogP contribution in [0.25, 0.3) is 22.6 Å². The largest absolute Gasteiger partial charge is 0.496 e. The van der Waals surface area contributed by atoms with Gasteiger partial charge < -0.3 is 9.94 Å².